The molecule has 0 saturated heterocycles. The lowest BCUT2D eigenvalue weighted by Crippen LogP contribution is -1.94. The van der Waals surface area contributed by atoms with Crippen LogP contribution < -0.4 is 0 Å². The fraction of sp³-hybridized carbons (Fsp3) is 0. The Bertz CT molecular complexity index is 549. The van der Waals surface area contributed by atoms with E-state index in [0.29, 0.717) is 21.2 Å². The van der Waals surface area contributed by atoms with E-state index in [1.807, 2.05) is 0 Å². The predicted molar refractivity (Wildman–Crippen MR) is 66.7 cm³/mol. The van der Waals surface area contributed by atoms with Crippen LogP contribution in [0.15, 0.2) is 29.6 Å². The molecule has 2 nitrogen and oxygen atoms in total. The second kappa shape index (κ2) is 4.45. The van der Waals surface area contributed by atoms with Crippen molar-refractivity contribution >= 4 is 40.5 Å². The first-order valence-corrected chi connectivity index (χ1v) is 6.00. The lowest BCUT2D eigenvalue weighted by Gasteiger charge is -2.04. The summed E-state index contributed by atoms with van der Waals surface area (Å²) in [5.41, 5.74) is 1.25. The van der Waals surface area contributed by atoms with Crippen molar-refractivity contribution < 1.29 is 9.90 Å². The third-order valence-electron chi connectivity index (χ3n) is 2.10. The lowest BCUT2D eigenvalue weighted by molar-refractivity contribution is 0.0703. The van der Waals surface area contributed by atoms with E-state index in [1.165, 1.54) is 11.3 Å². The van der Waals surface area contributed by atoms with Crippen LogP contribution in [0.25, 0.3) is 11.1 Å². The van der Waals surface area contributed by atoms with Gasteiger partial charge in [-0.2, -0.15) is 0 Å². The zero-order valence-corrected chi connectivity index (χ0v) is 10.2. The fourth-order valence-electron chi connectivity index (χ4n) is 1.40. The quantitative estimate of drug-likeness (QED) is 0.879. The third kappa shape index (κ3) is 1.94. The normalized spacial score (nSPS) is 10.4. The molecule has 1 aromatic carbocycles. The van der Waals surface area contributed by atoms with Crippen molar-refractivity contribution in [3.8, 4) is 11.1 Å². The van der Waals surface area contributed by atoms with Crippen LogP contribution in [-0.2, 0) is 0 Å². The Labute approximate surface area is 106 Å². The number of halogens is 2. The molecule has 2 rings (SSSR count). The highest BCUT2D eigenvalue weighted by atomic mass is 35.5. The number of benzene rings is 1. The highest BCUT2D eigenvalue weighted by Gasteiger charge is 2.16. The number of carboxylic acids is 1. The summed E-state index contributed by atoms with van der Waals surface area (Å²) >= 11 is 13.1. The molecule has 0 aliphatic carbocycles. The molecule has 0 radical (unpaired) electrons. The van der Waals surface area contributed by atoms with Crippen molar-refractivity contribution in [3.63, 3.8) is 0 Å². The van der Waals surface area contributed by atoms with Crippen LogP contribution >= 0.6 is 34.5 Å². The van der Waals surface area contributed by atoms with E-state index in [9.17, 15) is 4.79 Å². The topological polar surface area (TPSA) is 37.3 Å². The summed E-state index contributed by atoms with van der Waals surface area (Å²) in [6.07, 6.45) is 0. The minimum Gasteiger partial charge on any atom is -0.477 e. The smallest absolute Gasteiger partial charge is 0.346 e. The van der Waals surface area contributed by atoms with E-state index < -0.39 is 5.97 Å². The highest BCUT2D eigenvalue weighted by Crippen LogP contribution is 2.36. The van der Waals surface area contributed by atoms with Crippen LogP contribution in [0.1, 0.15) is 9.67 Å². The van der Waals surface area contributed by atoms with Gasteiger partial charge >= 0.3 is 5.97 Å². The molecule has 0 atom stereocenters. The summed E-state index contributed by atoms with van der Waals surface area (Å²) in [5, 5.41) is 11.5. The van der Waals surface area contributed by atoms with Gasteiger partial charge in [0.2, 0.25) is 0 Å². The van der Waals surface area contributed by atoms with Gasteiger partial charge in [-0.3, -0.25) is 0 Å². The molecular formula is C11H6Cl2O2S. The summed E-state index contributed by atoms with van der Waals surface area (Å²) in [7, 11) is 0. The van der Waals surface area contributed by atoms with Crippen LogP contribution in [0, 0.1) is 0 Å². The zero-order valence-electron chi connectivity index (χ0n) is 7.91. The second-order valence-corrected chi connectivity index (χ2v) is 4.77. The van der Waals surface area contributed by atoms with Crippen molar-refractivity contribution in [2.45, 2.75) is 0 Å². The van der Waals surface area contributed by atoms with Gasteiger partial charge in [0.15, 0.2) is 0 Å². The molecular weight excluding hydrogens is 267 g/mol. The summed E-state index contributed by atoms with van der Waals surface area (Å²) in [4.78, 5) is 11.3. The van der Waals surface area contributed by atoms with E-state index in [0.717, 1.165) is 0 Å². The number of carbonyl (C=O) groups is 1. The maximum atomic E-state index is 11.0. The first-order valence-electron chi connectivity index (χ1n) is 4.36. The number of rotatable bonds is 2. The average Bonchev–Trinajstić information content (AvgIpc) is 2.70. The van der Waals surface area contributed by atoms with Crippen molar-refractivity contribution in [1.29, 1.82) is 0 Å². The largest absolute Gasteiger partial charge is 0.477 e. The molecule has 0 bridgehead atoms. The first-order chi connectivity index (χ1) is 7.61. The van der Waals surface area contributed by atoms with Gasteiger partial charge in [-0.1, -0.05) is 35.3 Å². The maximum absolute atomic E-state index is 11.0. The highest BCUT2D eigenvalue weighted by molar-refractivity contribution is 7.12. The number of hydrogen-bond donors (Lipinski definition) is 1. The van der Waals surface area contributed by atoms with Gasteiger partial charge in [-0.15, -0.1) is 11.3 Å². The molecule has 0 aliphatic heterocycles. The number of aromatic carboxylic acids is 1. The molecule has 5 heteroatoms. The first kappa shape index (κ1) is 11.5. The molecule has 1 aromatic heterocycles. The molecule has 0 aliphatic rings. The van der Waals surface area contributed by atoms with Gasteiger partial charge < -0.3 is 5.11 Å². The van der Waals surface area contributed by atoms with Crippen molar-refractivity contribution in [1.82, 2.24) is 0 Å². The Balaban J connectivity index is 2.63. The zero-order chi connectivity index (χ0) is 11.7. The molecule has 1 heterocycles. The van der Waals surface area contributed by atoms with E-state index in [4.69, 9.17) is 28.3 Å². The molecule has 16 heavy (non-hydrogen) atoms. The minimum atomic E-state index is -0.957. The van der Waals surface area contributed by atoms with E-state index >= 15 is 0 Å². The van der Waals surface area contributed by atoms with Gasteiger partial charge in [0.1, 0.15) is 4.88 Å². The molecule has 0 fully saturated rings. The van der Waals surface area contributed by atoms with E-state index in [1.54, 1.807) is 29.6 Å². The van der Waals surface area contributed by atoms with Crippen LogP contribution in [0.3, 0.4) is 0 Å². The number of thiophene rings is 1. The molecule has 82 valence electrons. The molecule has 2 aromatic rings. The Kier molecular flexibility index (Phi) is 3.19. The van der Waals surface area contributed by atoms with Crippen LogP contribution in [0.5, 0.6) is 0 Å². The standard InChI is InChI=1S/C11H6Cl2O2S/c12-8-3-1-2-6(9(8)13)7-4-5-16-10(7)11(14)15/h1-5H,(H,14,15). The van der Waals surface area contributed by atoms with Crippen LogP contribution in [0.4, 0.5) is 0 Å². The van der Waals surface area contributed by atoms with Gasteiger partial charge in [0.05, 0.1) is 10.0 Å². The maximum Gasteiger partial charge on any atom is 0.346 e. The van der Waals surface area contributed by atoms with Crippen molar-refractivity contribution in [2.75, 3.05) is 0 Å². The van der Waals surface area contributed by atoms with Gasteiger partial charge in [0.25, 0.3) is 0 Å². The molecule has 1 N–H and O–H groups in total. The van der Waals surface area contributed by atoms with Crippen molar-refractivity contribution in [3.05, 3.63) is 44.6 Å². The van der Waals surface area contributed by atoms with Gasteiger partial charge in [0, 0.05) is 11.1 Å². The lowest BCUT2D eigenvalue weighted by atomic mass is 10.1. The summed E-state index contributed by atoms with van der Waals surface area (Å²) in [6.45, 7) is 0. The van der Waals surface area contributed by atoms with Crippen LogP contribution in [-0.4, -0.2) is 11.1 Å². The second-order valence-electron chi connectivity index (χ2n) is 3.07. The monoisotopic (exact) mass is 272 g/mol. The van der Waals surface area contributed by atoms with Crippen LogP contribution in [0.2, 0.25) is 10.0 Å². The molecule has 0 amide bonds. The minimum absolute atomic E-state index is 0.268. The molecule has 0 unspecified atom stereocenters. The number of hydrogen-bond acceptors (Lipinski definition) is 2. The average molecular weight is 273 g/mol. The van der Waals surface area contributed by atoms with Crippen molar-refractivity contribution in [2.24, 2.45) is 0 Å². The summed E-state index contributed by atoms with van der Waals surface area (Å²) in [5.74, 6) is -0.957. The Morgan fingerprint density at radius 2 is 1.94 bits per heavy atom. The van der Waals surface area contributed by atoms with Gasteiger partial charge in [-0.05, 0) is 17.5 Å². The van der Waals surface area contributed by atoms with E-state index in [-0.39, 0.29) is 4.88 Å². The Morgan fingerprint density at radius 3 is 2.62 bits per heavy atom. The third-order valence-corrected chi connectivity index (χ3v) is 3.82. The Hall–Kier alpha value is -1.03. The SMILES string of the molecule is O=C(O)c1sccc1-c1cccc(Cl)c1Cl. The van der Waals surface area contributed by atoms with E-state index in [2.05, 4.69) is 0 Å². The molecule has 0 saturated carbocycles. The predicted octanol–water partition coefficient (Wildman–Crippen LogP) is 4.42. The summed E-state index contributed by atoms with van der Waals surface area (Å²) < 4.78 is 0. The Morgan fingerprint density at radius 1 is 1.19 bits per heavy atom. The van der Waals surface area contributed by atoms with Gasteiger partial charge in [-0.25, -0.2) is 4.79 Å². The summed E-state index contributed by atoms with van der Waals surface area (Å²) in [6, 6.07) is 6.89. The number of carboxylic acid groups (broad SMARTS) is 1. The molecule has 0 spiro atoms. The fourth-order valence-corrected chi connectivity index (χ4v) is 2.55.